The Kier molecular flexibility index (Phi) is 3.35. The minimum absolute atomic E-state index is 0.240. The van der Waals surface area contributed by atoms with E-state index in [1.807, 2.05) is 0 Å². The highest BCUT2D eigenvalue weighted by molar-refractivity contribution is 5.06. The van der Waals surface area contributed by atoms with E-state index in [1.165, 1.54) is 6.42 Å². The molecule has 1 atom stereocenters. The van der Waals surface area contributed by atoms with Crippen LogP contribution >= 0.6 is 0 Å². The lowest BCUT2D eigenvalue weighted by Crippen LogP contribution is -2.34. The van der Waals surface area contributed by atoms with Gasteiger partial charge in [-0.3, -0.25) is 0 Å². The number of nitrogens with two attached hydrogens (primary N) is 1. The molecule has 0 radical (unpaired) electrons. The Bertz CT molecular complexity index is 393. The van der Waals surface area contributed by atoms with E-state index in [9.17, 15) is 0 Å². The van der Waals surface area contributed by atoms with Crippen LogP contribution in [0.3, 0.4) is 0 Å². The van der Waals surface area contributed by atoms with Crippen LogP contribution in [-0.2, 0) is 16.7 Å². The van der Waals surface area contributed by atoms with Gasteiger partial charge < -0.3 is 15.0 Å². The predicted octanol–water partition coefficient (Wildman–Crippen LogP) is 1.91. The number of rotatable bonds is 3. The van der Waals surface area contributed by atoms with Gasteiger partial charge in [0.2, 0.25) is 5.89 Å². The highest BCUT2D eigenvalue weighted by Crippen LogP contribution is 2.34. The maximum Gasteiger partial charge on any atom is 0.229 e. The van der Waals surface area contributed by atoms with Gasteiger partial charge in [-0.2, -0.15) is 4.98 Å². The van der Waals surface area contributed by atoms with E-state index in [4.69, 9.17) is 15.0 Å². The molecule has 5 nitrogen and oxygen atoms in total. The van der Waals surface area contributed by atoms with Gasteiger partial charge in [-0.1, -0.05) is 18.0 Å². The largest absolute Gasteiger partial charge is 0.378 e. The van der Waals surface area contributed by atoms with Crippen LogP contribution in [0.2, 0.25) is 0 Å². The molecule has 0 spiro atoms. The van der Waals surface area contributed by atoms with E-state index in [2.05, 4.69) is 10.1 Å². The Morgan fingerprint density at radius 1 is 1.22 bits per heavy atom. The van der Waals surface area contributed by atoms with Crippen molar-refractivity contribution in [3.63, 3.8) is 0 Å². The van der Waals surface area contributed by atoms with Crippen molar-refractivity contribution in [2.45, 2.75) is 63.0 Å². The van der Waals surface area contributed by atoms with Gasteiger partial charge in [0, 0.05) is 6.61 Å². The van der Waals surface area contributed by atoms with Crippen LogP contribution in [0.4, 0.5) is 0 Å². The van der Waals surface area contributed by atoms with Crippen LogP contribution in [-0.4, -0.2) is 22.9 Å². The van der Waals surface area contributed by atoms with Crippen molar-refractivity contribution in [2.75, 3.05) is 6.61 Å². The summed E-state index contributed by atoms with van der Waals surface area (Å²) in [6, 6.07) is 0. The Balaban J connectivity index is 1.65. The molecule has 2 heterocycles. The predicted molar refractivity (Wildman–Crippen MR) is 65.9 cm³/mol. The molecule has 2 fully saturated rings. The maximum atomic E-state index is 6.31. The summed E-state index contributed by atoms with van der Waals surface area (Å²) in [5.74, 6) is 1.36. The molecular formula is C13H21N3O2. The fraction of sp³-hybridized carbons (Fsp3) is 0.846. The molecule has 5 heteroatoms. The summed E-state index contributed by atoms with van der Waals surface area (Å²) < 4.78 is 11.0. The first kappa shape index (κ1) is 12.1. The van der Waals surface area contributed by atoms with Gasteiger partial charge >= 0.3 is 0 Å². The van der Waals surface area contributed by atoms with Crippen molar-refractivity contribution < 1.29 is 9.26 Å². The molecular weight excluding hydrogens is 230 g/mol. The SMILES string of the molecule is NC1(c2noc(CC3CCCCO3)n2)CCCC1. The molecule has 100 valence electrons. The van der Waals surface area contributed by atoms with Crippen LogP contribution in [0.25, 0.3) is 0 Å². The second-order valence-corrected chi connectivity index (χ2v) is 5.57. The summed E-state index contributed by atoms with van der Waals surface area (Å²) in [6.07, 6.45) is 8.69. The molecule has 1 saturated heterocycles. The minimum Gasteiger partial charge on any atom is -0.378 e. The van der Waals surface area contributed by atoms with Crippen LogP contribution in [0, 0.1) is 0 Å². The first-order valence-corrected chi connectivity index (χ1v) is 7.00. The van der Waals surface area contributed by atoms with Gasteiger partial charge in [-0.05, 0) is 32.1 Å². The lowest BCUT2D eigenvalue weighted by atomic mass is 9.98. The van der Waals surface area contributed by atoms with Gasteiger partial charge in [-0.25, -0.2) is 0 Å². The van der Waals surface area contributed by atoms with Gasteiger partial charge in [0.1, 0.15) is 0 Å². The standard InChI is InChI=1S/C13H21N3O2/c14-13(6-2-3-7-13)12-15-11(18-16-12)9-10-5-1-4-8-17-10/h10H,1-9,14H2. The molecule has 1 aliphatic heterocycles. The zero-order valence-corrected chi connectivity index (χ0v) is 10.7. The first-order chi connectivity index (χ1) is 8.76. The molecule has 3 rings (SSSR count). The van der Waals surface area contributed by atoms with Gasteiger partial charge in [0.25, 0.3) is 0 Å². The zero-order chi connectivity index (χ0) is 12.4. The Labute approximate surface area is 107 Å². The molecule has 0 aromatic carbocycles. The van der Waals surface area contributed by atoms with Crippen LogP contribution in [0.15, 0.2) is 4.52 Å². The molecule has 0 amide bonds. The summed E-state index contributed by atoms with van der Waals surface area (Å²) in [7, 11) is 0. The van der Waals surface area contributed by atoms with Crippen molar-refractivity contribution >= 4 is 0 Å². The number of hydrogen-bond donors (Lipinski definition) is 1. The molecule has 1 aromatic rings. The summed E-state index contributed by atoms with van der Waals surface area (Å²) in [5, 5.41) is 4.07. The topological polar surface area (TPSA) is 74.2 Å². The lowest BCUT2D eigenvalue weighted by molar-refractivity contribution is 0.0124. The monoisotopic (exact) mass is 251 g/mol. The fourth-order valence-electron chi connectivity index (χ4n) is 2.93. The summed E-state index contributed by atoms with van der Waals surface area (Å²) >= 11 is 0. The summed E-state index contributed by atoms with van der Waals surface area (Å²) in [6.45, 7) is 0.854. The molecule has 18 heavy (non-hydrogen) atoms. The first-order valence-electron chi connectivity index (χ1n) is 7.00. The fourth-order valence-corrected chi connectivity index (χ4v) is 2.93. The number of hydrogen-bond acceptors (Lipinski definition) is 5. The van der Waals surface area contributed by atoms with Crippen LogP contribution in [0.5, 0.6) is 0 Å². The quantitative estimate of drug-likeness (QED) is 0.888. The molecule has 1 saturated carbocycles. The number of aromatic nitrogens is 2. The van der Waals surface area contributed by atoms with Gasteiger partial charge in [-0.15, -0.1) is 0 Å². The van der Waals surface area contributed by atoms with E-state index in [0.29, 0.717) is 11.7 Å². The van der Waals surface area contributed by atoms with Crippen LogP contribution < -0.4 is 5.73 Å². The Hall–Kier alpha value is -0.940. The zero-order valence-electron chi connectivity index (χ0n) is 10.7. The van der Waals surface area contributed by atoms with Crippen molar-refractivity contribution in [1.29, 1.82) is 0 Å². The molecule has 2 aliphatic rings. The second kappa shape index (κ2) is 4.97. The molecule has 1 aliphatic carbocycles. The van der Waals surface area contributed by atoms with Crippen molar-refractivity contribution in [1.82, 2.24) is 10.1 Å². The normalized spacial score (nSPS) is 27.5. The number of nitrogens with zero attached hydrogens (tertiary/aromatic N) is 2. The van der Waals surface area contributed by atoms with Gasteiger partial charge in [0.15, 0.2) is 5.82 Å². The molecule has 2 N–H and O–H groups in total. The van der Waals surface area contributed by atoms with E-state index in [-0.39, 0.29) is 11.6 Å². The molecule has 1 aromatic heterocycles. The van der Waals surface area contributed by atoms with Crippen molar-refractivity contribution in [3.05, 3.63) is 11.7 Å². The average molecular weight is 251 g/mol. The highest BCUT2D eigenvalue weighted by Gasteiger charge is 2.36. The van der Waals surface area contributed by atoms with E-state index in [0.717, 1.165) is 51.6 Å². The smallest absolute Gasteiger partial charge is 0.229 e. The summed E-state index contributed by atoms with van der Waals surface area (Å²) in [4.78, 5) is 4.48. The van der Waals surface area contributed by atoms with Crippen molar-refractivity contribution in [3.8, 4) is 0 Å². The van der Waals surface area contributed by atoms with E-state index >= 15 is 0 Å². The second-order valence-electron chi connectivity index (χ2n) is 5.57. The maximum absolute atomic E-state index is 6.31. The average Bonchev–Trinajstić information content (AvgIpc) is 3.01. The lowest BCUT2D eigenvalue weighted by Gasteiger charge is -2.20. The van der Waals surface area contributed by atoms with Crippen LogP contribution in [0.1, 0.15) is 56.7 Å². The van der Waals surface area contributed by atoms with E-state index < -0.39 is 0 Å². The third-order valence-corrected chi connectivity index (χ3v) is 4.09. The minimum atomic E-state index is -0.352. The molecule has 1 unspecified atom stereocenters. The third-order valence-electron chi connectivity index (χ3n) is 4.09. The Morgan fingerprint density at radius 3 is 2.78 bits per heavy atom. The van der Waals surface area contributed by atoms with Crippen molar-refractivity contribution in [2.24, 2.45) is 5.73 Å². The Morgan fingerprint density at radius 2 is 2.06 bits per heavy atom. The van der Waals surface area contributed by atoms with Gasteiger partial charge in [0.05, 0.1) is 18.1 Å². The number of ether oxygens (including phenoxy) is 1. The summed E-state index contributed by atoms with van der Waals surface area (Å²) in [5.41, 5.74) is 5.96. The molecule has 0 bridgehead atoms. The third kappa shape index (κ3) is 2.42. The highest BCUT2D eigenvalue weighted by atomic mass is 16.5. The van der Waals surface area contributed by atoms with E-state index in [1.54, 1.807) is 0 Å².